The van der Waals surface area contributed by atoms with Crippen LogP contribution in [0.2, 0.25) is 0 Å². The molecule has 3 amide bonds. The summed E-state index contributed by atoms with van der Waals surface area (Å²) in [7, 11) is 1.42. The predicted molar refractivity (Wildman–Crippen MR) is 178 cm³/mol. The van der Waals surface area contributed by atoms with E-state index >= 15 is 4.39 Å². The number of H-pyrrole nitrogens is 1. The van der Waals surface area contributed by atoms with E-state index in [1.54, 1.807) is 34.1 Å². The summed E-state index contributed by atoms with van der Waals surface area (Å²) in [6.07, 6.45) is 3.41. The van der Waals surface area contributed by atoms with E-state index in [0.29, 0.717) is 54.4 Å². The highest BCUT2D eigenvalue weighted by atomic mass is 19.1. The third-order valence-corrected chi connectivity index (χ3v) is 8.93. The van der Waals surface area contributed by atoms with Crippen LogP contribution in [-0.4, -0.2) is 90.1 Å². The second-order valence-electron chi connectivity index (χ2n) is 12.9. The van der Waals surface area contributed by atoms with Gasteiger partial charge in [-0.25, -0.2) is 28.8 Å². The Morgan fingerprint density at radius 1 is 1.16 bits per heavy atom. The van der Waals surface area contributed by atoms with Gasteiger partial charge in [-0.05, 0) is 42.0 Å². The number of halogens is 1. The Morgan fingerprint density at radius 3 is 2.62 bits per heavy atom. The van der Waals surface area contributed by atoms with Crippen molar-refractivity contribution in [3.05, 3.63) is 72.2 Å². The van der Waals surface area contributed by atoms with Gasteiger partial charge in [-0.15, -0.1) is 10.1 Å². The number of benzene rings is 2. The number of amides is 3. The molecule has 2 aliphatic rings. The Kier molecular flexibility index (Phi) is 10.1. The molecule has 50 heavy (non-hydrogen) atoms. The van der Waals surface area contributed by atoms with Crippen LogP contribution in [0, 0.1) is 11.7 Å². The lowest BCUT2D eigenvalue weighted by atomic mass is 10.0. The van der Waals surface area contributed by atoms with Gasteiger partial charge in [-0.1, -0.05) is 43.3 Å². The van der Waals surface area contributed by atoms with Gasteiger partial charge in [0, 0.05) is 32.1 Å². The van der Waals surface area contributed by atoms with Crippen molar-refractivity contribution in [2.24, 2.45) is 5.92 Å². The molecule has 0 unspecified atom stereocenters. The number of hydrogen-bond donors (Lipinski definition) is 3. The zero-order valence-electron chi connectivity index (χ0n) is 28.2. The summed E-state index contributed by atoms with van der Waals surface area (Å²) >= 11 is 0. The van der Waals surface area contributed by atoms with Crippen molar-refractivity contribution in [3.63, 3.8) is 0 Å². The van der Waals surface area contributed by atoms with Crippen LogP contribution in [0.1, 0.15) is 51.2 Å². The number of aromatic nitrogens is 5. The molecule has 16 heteroatoms. The summed E-state index contributed by atoms with van der Waals surface area (Å²) in [6, 6.07) is 11.2. The molecule has 3 N–H and O–H groups in total. The number of hydrogen-bond acceptors (Lipinski definition) is 9. The van der Waals surface area contributed by atoms with Gasteiger partial charge in [0.15, 0.2) is 0 Å². The van der Waals surface area contributed by atoms with Crippen LogP contribution in [0.5, 0.6) is 0 Å². The van der Waals surface area contributed by atoms with Crippen molar-refractivity contribution >= 4 is 23.6 Å². The number of nitrogens with zero attached hydrogens (tertiary/aromatic N) is 7. The molecular formula is C34H40FN9O6. The van der Waals surface area contributed by atoms with E-state index in [9.17, 15) is 19.5 Å². The fraction of sp³-hybridized carbons (Fsp3) is 0.412. The van der Waals surface area contributed by atoms with Crippen LogP contribution in [0.4, 0.5) is 14.9 Å². The molecule has 0 saturated carbocycles. The number of anilines is 1. The van der Waals surface area contributed by atoms with Gasteiger partial charge in [0.25, 0.3) is 0 Å². The number of hydroxylamine groups is 1. The molecule has 6 rings (SSSR count). The number of imidazole rings is 1. The average Bonchev–Trinajstić information content (AvgIpc) is 3.91. The molecule has 264 valence electrons. The van der Waals surface area contributed by atoms with E-state index in [0.717, 1.165) is 22.6 Å². The summed E-state index contributed by atoms with van der Waals surface area (Å²) in [5.74, 6) is -0.367. The summed E-state index contributed by atoms with van der Waals surface area (Å²) in [6.45, 7) is 6.61. The minimum absolute atomic E-state index is 0.157. The van der Waals surface area contributed by atoms with Gasteiger partial charge in [0.05, 0.1) is 49.5 Å². The Morgan fingerprint density at radius 2 is 1.92 bits per heavy atom. The van der Waals surface area contributed by atoms with Gasteiger partial charge < -0.3 is 20.3 Å². The maximum Gasteiger partial charge on any atom is 0.407 e. The fourth-order valence-corrected chi connectivity index (χ4v) is 6.40. The van der Waals surface area contributed by atoms with Crippen molar-refractivity contribution in [2.45, 2.75) is 64.9 Å². The van der Waals surface area contributed by atoms with Gasteiger partial charge >= 0.3 is 6.09 Å². The molecule has 4 aromatic rings. The van der Waals surface area contributed by atoms with Crippen LogP contribution in [0.15, 0.2) is 54.9 Å². The number of likely N-dealkylation sites (N-methyl/N-ethyl adjacent to an activating group) is 1. The Hall–Kier alpha value is -5.35. The largest absolute Gasteiger partial charge is 0.465 e. The number of carbonyl (C=O) groups is 3. The lowest BCUT2D eigenvalue weighted by Crippen LogP contribution is -2.51. The van der Waals surface area contributed by atoms with E-state index in [2.05, 4.69) is 25.6 Å². The lowest BCUT2D eigenvalue weighted by molar-refractivity contribution is -0.284. The molecule has 15 nitrogen and oxygen atoms in total. The van der Waals surface area contributed by atoms with Crippen LogP contribution < -0.4 is 10.4 Å². The first-order chi connectivity index (χ1) is 24.0. The molecule has 2 saturated heterocycles. The Labute approximate surface area is 287 Å². The van der Waals surface area contributed by atoms with Crippen molar-refractivity contribution in [1.82, 2.24) is 40.1 Å². The van der Waals surface area contributed by atoms with Crippen molar-refractivity contribution in [3.8, 4) is 22.4 Å². The summed E-state index contributed by atoms with van der Waals surface area (Å²) in [4.78, 5) is 57.8. The molecule has 2 fully saturated rings. The summed E-state index contributed by atoms with van der Waals surface area (Å²) in [5.41, 5.74) is 3.81. The number of carbonyl (C=O) groups excluding carboxylic acids is 2. The van der Waals surface area contributed by atoms with Crippen molar-refractivity contribution in [1.29, 1.82) is 0 Å². The van der Waals surface area contributed by atoms with Crippen LogP contribution in [0.3, 0.4) is 0 Å². The first-order valence-electron chi connectivity index (χ1n) is 16.4. The third kappa shape index (κ3) is 7.45. The highest BCUT2D eigenvalue weighted by Gasteiger charge is 2.39. The van der Waals surface area contributed by atoms with E-state index in [4.69, 9.17) is 9.88 Å². The number of nitrogens with one attached hydrogen (secondary N) is 2. The van der Waals surface area contributed by atoms with Gasteiger partial charge in [0.1, 0.15) is 29.5 Å². The minimum atomic E-state index is -1.15. The summed E-state index contributed by atoms with van der Waals surface area (Å²) < 4.78 is 17.0. The molecule has 2 aromatic carbocycles. The van der Waals surface area contributed by atoms with E-state index in [-0.39, 0.29) is 36.4 Å². The molecular weight excluding hydrogens is 649 g/mol. The molecule has 3 atom stereocenters. The Bertz CT molecular complexity index is 1840. The number of carboxylic acid groups (broad SMARTS) is 1. The molecule has 0 aliphatic carbocycles. The normalized spacial score (nSPS) is 18.1. The quantitative estimate of drug-likeness (QED) is 0.194. The highest BCUT2D eigenvalue weighted by Crippen LogP contribution is 2.34. The topological polar surface area (TPSA) is 171 Å². The van der Waals surface area contributed by atoms with Gasteiger partial charge in [-0.2, -0.15) is 0 Å². The Balaban J connectivity index is 1.08. The molecule has 0 bridgehead atoms. The maximum atomic E-state index is 15.4. The zero-order chi connectivity index (χ0) is 35.5. The second-order valence-corrected chi connectivity index (χ2v) is 12.9. The monoisotopic (exact) mass is 689 g/mol. The summed E-state index contributed by atoms with van der Waals surface area (Å²) in [5, 5.41) is 21.8. The molecule has 2 aliphatic heterocycles. The van der Waals surface area contributed by atoms with Crippen molar-refractivity contribution < 1.29 is 33.8 Å². The molecule has 2 aromatic heterocycles. The predicted octanol–water partition coefficient (Wildman–Crippen LogP) is 4.16. The molecule has 0 radical (unpaired) electrons. The smallest absolute Gasteiger partial charge is 0.407 e. The standard InChI is InChI=1S/C34H40FN9O6/c1-20(2)31(41(4)34(47)48)33(46)43-13-5-6-30(43)32-37-16-29(38-32)23-9-7-22(8-10-23)27-12-11-25(14-28(27)35)44-19-26(49-50-44)18-42-17-24(39-40-42)15-36-21(3)45/h7-12,14,16-17,20,26,30-31H,5-6,13,15,18-19H2,1-4H3,(H,36,45)(H,37,38)(H,47,48)/t26-,30+,31+/m1/s1. The van der Waals surface area contributed by atoms with E-state index in [1.165, 1.54) is 25.1 Å². The third-order valence-electron chi connectivity index (χ3n) is 8.93. The van der Waals surface area contributed by atoms with E-state index < -0.39 is 18.0 Å². The van der Waals surface area contributed by atoms with Crippen molar-refractivity contribution in [2.75, 3.05) is 25.2 Å². The van der Waals surface area contributed by atoms with Crippen LogP contribution in [0.25, 0.3) is 22.4 Å². The van der Waals surface area contributed by atoms with E-state index in [1.807, 2.05) is 38.1 Å². The lowest BCUT2D eigenvalue weighted by Gasteiger charge is -2.33. The average molecular weight is 690 g/mol. The second kappa shape index (κ2) is 14.6. The number of rotatable bonds is 11. The fourth-order valence-electron chi connectivity index (χ4n) is 6.40. The minimum Gasteiger partial charge on any atom is -0.465 e. The van der Waals surface area contributed by atoms with Crippen LogP contribution in [-0.2, 0) is 32.6 Å². The zero-order valence-corrected chi connectivity index (χ0v) is 28.2. The molecule has 4 heterocycles. The maximum absolute atomic E-state index is 15.4. The van der Waals surface area contributed by atoms with Gasteiger partial charge in [0.2, 0.25) is 11.8 Å². The molecule has 0 spiro atoms. The first-order valence-corrected chi connectivity index (χ1v) is 16.4. The SMILES string of the molecule is CC(=O)NCc1cn(C[C@@H]2CN(c3ccc(-c4ccc(-c5cnc([C@@H]6CCCN6C(=O)[C@H](C(C)C)N(C)C(=O)O)[nH]5)cc4)c(F)c3)OO2)nn1. The first kappa shape index (κ1) is 34.5. The number of likely N-dealkylation sites (tertiary alicyclic amines) is 1. The number of aromatic amines is 1. The highest BCUT2D eigenvalue weighted by molar-refractivity contribution is 5.86. The van der Waals surface area contributed by atoms with Gasteiger partial charge in [-0.3, -0.25) is 14.5 Å². The van der Waals surface area contributed by atoms with Crippen LogP contribution >= 0.6 is 0 Å².